The number of nitrogens with one attached hydrogen (secondary N) is 1. The molecule has 2 aromatic rings. The van der Waals surface area contributed by atoms with Crippen LogP contribution in [-0.2, 0) is 11.6 Å². The summed E-state index contributed by atoms with van der Waals surface area (Å²) in [7, 11) is 1.17. The number of methoxy groups -OCH3 is 1. The fourth-order valence-corrected chi connectivity index (χ4v) is 4.77. The smallest absolute Gasteiger partial charge is 0.419 e. The molecule has 1 fully saturated rings. The van der Waals surface area contributed by atoms with E-state index in [9.17, 15) is 18.0 Å². The molecule has 0 aromatic heterocycles. The summed E-state index contributed by atoms with van der Waals surface area (Å²) in [5, 5.41) is 2.77. The number of benzene rings is 2. The van der Waals surface area contributed by atoms with Crippen LogP contribution in [0.2, 0.25) is 0 Å². The number of fused-ring (bicyclic) bond motifs is 3. The van der Waals surface area contributed by atoms with Gasteiger partial charge in [-0.3, -0.25) is 9.69 Å². The average Bonchev–Trinajstić information content (AvgIpc) is 3.14. The molecule has 2 aliphatic heterocycles. The first-order chi connectivity index (χ1) is 14.1. The molecule has 1 amide bonds. The molecule has 1 atom stereocenters. The van der Waals surface area contributed by atoms with Crippen molar-refractivity contribution in [3.8, 4) is 5.75 Å². The third-order valence-electron chi connectivity index (χ3n) is 6.13. The van der Waals surface area contributed by atoms with E-state index in [2.05, 4.69) is 24.1 Å². The van der Waals surface area contributed by atoms with E-state index in [-0.39, 0.29) is 29.1 Å². The molecule has 0 aliphatic carbocycles. The predicted molar refractivity (Wildman–Crippen MR) is 116 cm³/mol. The zero-order chi connectivity index (χ0) is 21.7. The van der Waals surface area contributed by atoms with Gasteiger partial charge in [0.25, 0.3) is 5.91 Å². The lowest BCUT2D eigenvalue weighted by Crippen LogP contribution is -2.42. The maximum absolute atomic E-state index is 13.3. The predicted octanol–water partition coefficient (Wildman–Crippen LogP) is 5.82. The Kier molecular flexibility index (Phi) is 6.31. The second-order valence-electron chi connectivity index (χ2n) is 8.68. The SMILES string of the molecule is COc1ccc(C(=O)Nc2ccc3c(c2)C2CCCN2CC3(C)C)cc1C(F)(F)F.Cl. The van der Waals surface area contributed by atoms with Gasteiger partial charge in [0, 0.05) is 29.3 Å². The number of rotatable bonds is 3. The van der Waals surface area contributed by atoms with Crippen molar-refractivity contribution in [2.45, 2.75) is 44.3 Å². The Morgan fingerprint density at radius 1 is 1.19 bits per heavy atom. The normalized spacial score (nSPS) is 19.7. The quantitative estimate of drug-likeness (QED) is 0.635. The molecular weight excluding hydrogens is 429 g/mol. The van der Waals surface area contributed by atoms with Crippen LogP contribution < -0.4 is 10.1 Å². The molecule has 2 aliphatic rings. The Hall–Kier alpha value is -2.25. The number of alkyl halides is 3. The average molecular weight is 455 g/mol. The van der Waals surface area contributed by atoms with E-state index in [0.717, 1.165) is 32.0 Å². The lowest BCUT2D eigenvalue weighted by Gasteiger charge is -2.42. The van der Waals surface area contributed by atoms with Gasteiger partial charge in [0.2, 0.25) is 0 Å². The van der Waals surface area contributed by atoms with Crippen molar-refractivity contribution in [1.82, 2.24) is 4.90 Å². The Bertz CT molecular complexity index is 991. The fourth-order valence-electron chi connectivity index (χ4n) is 4.77. The highest BCUT2D eigenvalue weighted by atomic mass is 35.5. The number of halogens is 4. The maximum Gasteiger partial charge on any atom is 0.419 e. The van der Waals surface area contributed by atoms with Crippen LogP contribution in [0.5, 0.6) is 5.75 Å². The van der Waals surface area contributed by atoms with Gasteiger partial charge >= 0.3 is 6.18 Å². The Morgan fingerprint density at radius 3 is 2.61 bits per heavy atom. The third-order valence-corrected chi connectivity index (χ3v) is 6.13. The summed E-state index contributed by atoms with van der Waals surface area (Å²) < 4.78 is 44.6. The summed E-state index contributed by atoms with van der Waals surface area (Å²) >= 11 is 0. The van der Waals surface area contributed by atoms with Gasteiger partial charge in [0.05, 0.1) is 12.7 Å². The molecule has 8 heteroatoms. The van der Waals surface area contributed by atoms with Gasteiger partial charge in [-0.05, 0) is 60.8 Å². The van der Waals surface area contributed by atoms with Crippen molar-refractivity contribution in [1.29, 1.82) is 0 Å². The summed E-state index contributed by atoms with van der Waals surface area (Å²) in [6.07, 6.45) is -2.39. The van der Waals surface area contributed by atoms with Gasteiger partial charge in [0.15, 0.2) is 0 Å². The van der Waals surface area contributed by atoms with E-state index in [0.29, 0.717) is 11.7 Å². The van der Waals surface area contributed by atoms with Gasteiger partial charge in [-0.2, -0.15) is 13.2 Å². The Morgan fingerprint density at radius 2 is 1.94 bits per heavy atom. The van der Waals surface area contributed by atoms with Crippen molar-refractivity contribution >= 4 is 24.0 Å². The van der Waals surface area contributed by atoms with Crippen LogP contribution in [0.25, 0.3) is 0 Å². The fraction of sp³-hybridized carbons (Fsp3) is 0.435. The van der Waals surface area contributed by atoms with Crippen molar-refractivity contribution in [2.24, 2.45) is 0 Å². The number of hydrogen-bond acceptors (Lipinski definition) is 3. The molecule has 31 heavy (non-hydrogen) atoms. The van der Waals surface area contributed by atoms with E-state index in [1.807, 2.05) is 18.2 Å². The van der Waals surface area contributed by atoms with Gasteiger partial charge in [0.1, 0.15) is 5.75 Å². The summed E-state index contributed by atoms with van der Waals surface area (Å²) in [6.45, 7) is 6.50. The molecule has 1 unspecified atom stereocenters. The van der Waals surface area contributed by atoms with Crippen LogP contribution in [-0.4, -0.2) is 31.0 Å². The van der Waals surface area contributed by atoms with Gasteiger partial charge in [-0.1, -0.05) is 19.9 Å². The summed E-state index contributed by atoms with van der Waals surface area (Å²) in [6, 6.07) is 9.52. The number of nitrogens with zero attached hydrogens (tertiary/aromatic N) is 1. The van der Waals surface area contributed by atoms with E-state index in [4.69, 9.17) is 4.74 Å². The van der Waals surface area contributed by atoms with Crippen LogP contribution in [0.1, 0.15) is 59.8 Å². The van der Waals surface area contributed by atoms with E-state index < -0.39 is 17.6 Å². The zero-order valence-electron chi connectivity index (χ0n) is 17.7. The molecule has 2 heterocycles. The first-order valence-electron chi connectivity index (χ1n) is 10.1. The highest BCUT2D eigenvalue weighted by molar-refractivity contribution is 6.04. The number of ether oxygens (including phenoxy) is 1. The largest absolute Gasteiger partial charge is 0.496 e. The lowest BCUT2D eigenvalue weighted by atomic mass is 9.76. The number of amides is 1. The highest BCUT2D eigenvalue weighted by Gasteiger charge is 2.40. The summed E-state index contributed by atoms with van der Waals surface area (Å²) in [5.41, 5.74) is 2.04. The lowest BCUT2D eigenvalue weighted by molar-refractivity contribution is -0.138. The first-order valence-corrected chi connectivity index (χ1v) is 10.1. The van der Waals surface area contributed by atoms with E-state index in [1.54, 1.807) is 0 Å². The van der Waals surface area contributed by atoms with Crippen molar-refractivity contribution in [3.63, 3.8) is 0 Å². The molecule has 0 spiro atoms. The van der Waals surface area contributed by atoms with Gasteiger partial charge < -0.3 is 10.1 Å². The maximum atomic E-state index is 13.3. The number of carbonyl (C=O) groups is 1. The van der Waals surface area contributed by atoms with Crippen LogP contribution in [0, 0.1) is 0 Å². The van der Waals surface area contributed by atoms with E-state index >= 15 is 0 Å². The van der Waals surface area contributed by atoms with Crippen molar-refractivity contribution < 1.29 is 22.7 Å². The molecular formula is C23H26ClF3N2O2. The van der Waals surface area contributed by atoms with Gasteiger partial charge in [-0.15, -0.1) is 12.4 Å². The number of anilines is 1. The second kappa shape index (κ2) is 8.36. The second-order valence-corrected chi connectivity index (χ2v) is 8.68. The Labute approximate surface area is 186 Å². The molecule has 4 rings (SSSR count). The van der Waals surface area contributed by atoms with Gasteiger partial charge in [-0.25, -0.2) is 0 Å². The highest BCUT2D eigenvalue weighted by Crippen LogP contribution is 2.45. The zero-order valence-corrected chi connectivity index (χ0v) is 18.5. The Balaban J connectivity index is 0.00000272. The molecule has 1 N–H and O–H groups in total. The summed E-state index contributed by atoms with van der Waals surface area (Å²) in [4.78, 5) is 15.2. The van der Waals surface area contributed by atoms with Crippen LogP contribution >= 0.6 is 12.4 Å². The molecule has 0 radical (unpaired) electrons. The topological polar surface area (TPSA) is 41.6 Å². The van der Waals surface area contributed by atoms with E-state index in [1.165, 1.54) is 30.4 Å². The van der Waals surface area contributed by atoms with Crippen LogP contribution in [0.3, 0.4) is 0 Å². The molecule has 168 valence electrons. The third kappa shape index (κ3) is 4.39. The minimum Gasteiger partial charge on any atom is -0.496 e. The van der Waals surface area contributed by atoms with Crippen molar-refractivity contribution in [2.75, 3.05) is 25.5 Å². The van der Waals surface area contributed by atoms with Crippen LogP contribution in [0.4, 0.5) is 18.9 Å². The minimum atomic E-state index is -4.61. The number of hydrogen-bond donors (Lipinski definition) is 1. The monoisotopic (exact) mass is 454 g/mol. The molecule has 1 saturated heterocycles. The van der Waals surface area contributed by atoms with Crippen molar-refractivity contribution in [3.05, 3.63) is 58.7 Å². The standard InChI is InChI=1S/C23H25F3N2O2.ClH/c1-22(2)13-28-10-4-5-19(28)16-12-15(7-8-17(16)22)27-21(29)14-6-9-20(30-3)18(11-14)23(24,25)26;/h6-9,11-12,19H,4-5,10,13H2,1-3H3,(H,27,29);1H. The summed E-state index contributed by atoms with van der Waals surface area (Å²) in [5.74, 6) is -0.891. The molecule has 4 nitrogen and oxygen atoms in total. The number of carbonyl (C=O) groups excluding carboxylic acids is 1. The first kappa shape index (κ1) is 23.4. The minimum absolute atomic E-state index is 0. The molecule has 2 aromatic carbocycles. The molecule has 0 saturated carbocycles. The molecule has 0 bridgehead atoms. The van der Waals surface area contributed by atoms with Crippen LogP contribution in [0.15, 0.2) is 36.4 Å².